The van der Waals surface area contributed by atoms with Crippen LogP contribution in [0.15, 0.2) is 11.9 Å². The molecule has 5 nitrogen and oxygen atoms in total. The van der Waals surface area contributed by atoms with Gasteiger partial charge in [-0.25, -0.2) is 0 Å². The van der Waals surface area contributed by atoms with Crippen LogP contribution in [0.1, 0.15) is 48.5 Å². The van der Waals surface area contributed by atoms with Gasteiger partial charge in [0.25, 0.3) is 0 Å². The molecule has 2 aliphatic heterocycles. The van der Waals surface area contributed by atoms with E-state index >= 15 is 0 Å². The predicted octanol–water partition coefficient (Wildman–Crippen LogP) is 3.76. The summed E-state index contributed by atoms with van der Waals surface area (Å²) in [6, 6.07) is -0.380. The fourth-order valence-electron chi connectivity index (χ4n) is 3.61. The van der Waals surface area contributed by atoms with Gasteiger partial charge in [0, 0.05) is 50.5 Å². The van der Waals surface area contributed by atoms with Crippen LogP contribution in [0.25, 0.3) is 0 Å². The van der Waals surface area contributed by atoms with Gasteiger partial charge in [0.2, 0.25) is 8.03 Å². The molecule has 0 saturated carbocycles. The van der Waals surface area contributed by atoms with Gasteiger partial charge in [-0.1, -0.05) is 27.7 Å². The molecule has 3 radical (unpaired) electrons. The zero-order chi connectivity index (χ0) is 19.6. The molecule has 0 aliphatic carbocycles. The number of ether oxygens (including phenoxy) is 3. The zero-order valence-electron chi connectivity index (χ0n) is 17.6. The van der Waals surface area contributed by atoms with E-state index in [1.807, 2.05) is 33.8 Å². The molecule has 0 N–H and O–H groups in total. The molecule has 2 aliphatic rings. The molecule has 0 spiro atoms. The minimum atomic E-state index is -2.37. The number of hydrogen-bond acceptors (Lipinski definition) is 5. The van der Waals surface area contributed by atoms with Crippen molar-refractivity contribution in [3.8, 4) is 0 Å². The van der Waals surface area contributed by atoms with E-state index in [-0.39, 0.29) is 93.1 Å². The van der Waals surface area contributed by atoms with Gasteiger partial charge in [0.15, 0.2) is 0 Å². The fourth-order valence-corrected chi connectivity index (χ4v) is 4.66. The van der Waals surface area contributed by atoms with E-state index < -0.39 is 8.03 Å². The van der Waals surface area contributed by atoms with Crippen molar-refractivity contribution in [3.05, 3.63) is 11.9 Å². The van der Waals surface area contributed by atoms with E-state index in [0.29, 0.717) is 0 Å². The quantitative estimate of drug-likeness (QED) is 0.417. The average Bonchev–Trinajstić information content (AvgIpc) is 2.97. The van der Waals surface area contributed by atoms with Crippen LogP contribution in [-0.4, -0.2) is 50.5 Å². The van der Waals surface area contributed by atoms with Crippen LogP contribution in [0, 0.1) is 17.8 Å². The van der Waals surface area contributed by atoms with E-state index in [4.69, 9.17) is 26.6 Å². The molecule has 9 atom stereocenters. The molecule has 2 rings (SSSR count). The molecule has 0 aromatic heterocycles. The first-order chi connectivity index (χ1) is 12.1. The maximum absolute atomic E-state index is 12.6. The monoisotopic (exact) mass is 473 g/mol. The Morgan fingerprint density at radius 1 is 1.04 bits per heavy atom. The van der Waals surface area contributed by atoms with Crippen molar-refractivity contribution in [1.82, 2.24) is 0 Å². The van der Waals surface area contributed by atoms with Gasteiger partial charge in [0.05, 0.1) is 30.5 Å². The van der Waals surface area contributed by atoms with Crippen molar-refractivity contribution in [2.45, 2.75) is 91.1 Å². The third-order valence-electron chi connectivity index (χ3n) is 5.39. The molecular weight excluding hydrogens is 439 g/mol. The van der Waals surface area contributed by atoms with Crippen molar-refractivity contribution in [2.75, 3.05) is 0 Å². The summed E-state index contributed by atoms with van der Waals surface area (Å²) in [6.45, 7) is 14.3. The summed E-state index contributed by atoms with van der Waals surface area (Å²) < 4.78 is 36.2. The Kier molecular flexibility index (Phi) is 11.0. The van der Waals surface area contributed by atoms with Gasteiger partial charge in [-0.15, -0.1) is 0 Å². The molecule has 2 heterocycles. The van der Waals surface area contributed by atoms with E-state index in [2.05, 4.69) is 20.8 Å². The van der Waals surface area contributed by atoms with Crippen molar-refractivity contribution in [2.24, 2.45) is 17.8 Å². The van der Waals surface area contributed by atoms with Crippen LogP contribution in [-0.2, 0) is 56.0 Å². The van der Waals surface area contributed by atoms with Crippen LogP contribution in [0.3, 0.4) is 0 Å². The summed E-state index contributed by atoms with van der Waals surface area (Å²) in [5.41, 5.74) is 0. The van der Waals surface area contributed by atoms with E-state index in [0.717, 1.165) is 0 Å². The van der Waals surface area contributed by atoms with Crippen LogP contribution < -0.4 is 0 Å². The Morgan fingerprint density at radius 3 is 2.22 bits per heavy atom. The summed E-state index contributed by atoms with van der Waals surface area (Å²) in [6.07, 6.45) is 1.41. The molecule has 2 saturated heterocycles. The Labute approximate surface area is 191 Å². The minimum absolute atomic E-state index is 0. The Balaban J connectivity index is 0.00000364. The summed E-state index contributed by atoms with van der Waals surface area (Å²) >= 11 is 0. The van der Waals surface area contributed by atoms with Crippen LogP contribution >= 0.6 is 8.03 Å². The molecule has 0 aromatic carbocycles. The van der Waals surface area contributed by atoms with Crippen LogP contribution in [0.5, 0.6) is 0 Å². The van der Waals surface area contributed by atoms with Crippen molar-refractivity contribution < 1.29 is 56.0 Å². The Hall–Kier alpha value is 0.979. The topological polar surface area (TPSA) is 54.0 Å². The standard InChI is InChI=1S/C19H34BO5P.Y/c1-10(2)16-18(13(6)19(20)24-16)25-26(21)9-8-15-17(22-11(3)4)12(5)14(7)23-15;/h8-19,26H,1-7H3;/b9-8+;/t12?,13?,14-,15+,16+,17+,18+,19+;/m0./s1. The number of hydrogen-bond donors (Lipinski definition) is 0. The molecule has 151 valence electrons. The molecule has 27 heavy (non-hydrogen) atoms. The first kappa shape index (κ1) is 26.0. The Morgan fingerprint density at radius 2 is 1.67 bits per heavy atom. The summed E-state index contributed by atoms with van der Waals surface area (Å²) in [7, 11) is 3.63. The van der Waals surface area contributed by atoms with Gasteiger partial charge in [0.1, 0.15) is 14.0 Å². The normalized spacial score (nSPS) is 40.8. The SMILES string of the molecule is [B][C@@H]1O[C@H](C(C)C)[C@H](O[PH](=O)/C=C/[C@H]2O[C@@H](C)C(C)[C@H]2OC(C)C)C1C.[Y]. The second-order valence-corrected chi connectivity index (χ2v) is 9.45. The van der Waals surface area contributed by atoms with Crippen LogP contribution in [0.2, 0.25) is 0 Å². The smallest absolute Gasteiger partial charge is 0.213 e. The fraction of sp³-hybridized carbons (Fsp3) is 0.895. The maximum Gasteiger partial charge on any atom is 0.213 e. The summed E-state index contributed by atoms with van der Waals surface area (Å²) in [5.74, 6) is 2.16. The largest absolute Gasteiger partial charge is 0.381 e. The third kappa shape index (κ3) is 6.74. The van der Waals surface area contributed by atoms with Crippen molar-refractivity contribution in [3.63, 3.8) is 0 Å². The van der Waals surface area contributed by atoms with Crippen LogP contribution in [0.4, 0.5) is 0 Å². The number of rotatable bonds is 7. The third-order valence-corrected chi connectivity index (χ3v) is 6.36. The van der Waals surface area contributed by atoms with Crippen molar-refractivity contribution in [1.29, 1.82) is 0 Å². The van der Waals surface area contributed by atoms with Crippen molar-refractivity contribution >= 4 is 15.9 Å². The van der Waals surface area contributed by atoms with E-state index in [9.17, 15) is 4.57 Å². The zero-order valence-corrected chi connectivity index (χ0v) is 21.5. The minimum Gasteiger partial charge on any atom is -0.381 e. The van der Waals surface area contributed by atoms with Gasteiger partial charge in [-0.2, -0.15) is 0 Å². The molecule has 0 bridgehead atoms. The summed E-state index contributed by atoms with van der Waals surface area (Å²) in [5, 5.41) is 0. The van der Waals surface area contributed by atoms with Gasteiger partial charge >= 0.3 is 0 Å². The second-order valence-electron chi connectivity index (χ2n) is 8.24. The molecule has 0 amide bonds. The molecule has 3 unspecified atom stereocenters. The first-order valence-corrected chi connectivity index (χ1v) is 11.1. The van der Waals surface area contributed by atoms with Gasteiger partial charge in [-0.05, 0) is 38.6 Å². The predicted molar refractivity (Wildman–Crippen MR) is 105 cm³/mol. The van der Waals surface area contributed by atoms with E-state index in [1.54, 1.807) is 5.82 Å². The van der Waals surface area contributed by atoms with Gasteiger partial charge < -0.3 is 18.7 Å². The molecule has 0 aromatic rings. The van der Waals surface area contributed by atoms with E-state index in [1.165, 1.54) is 0 Å². The van der Waals surface area contributed by atoms with Gasteiger partial charge in [-0.3, -0.25) is 4.57 Å². The summed E-state index contributed by atoms with van der Waals surface area (Å²) in [4.78, 5) is 0. The first-order valence-electron chi connectivity index (χ1n) is 9.72. The molecule has 2 fully saturated rings. The molecule has 8 heteroatoms. The molecular formula is C19H34BO5PY. The Bertz CT molecular complexity index is 518. The second kappa shape index (κ2) is 11.4. The maximum atomic E-state index is 12.6. The average molecular weight is 473 g/mol.